The largest absolute Gasteiger partial charge is 0.322 e. The van der Waals surface area contributed by atoms with Gasteiger partial charge in [0.1, 0.15) is 0 Å². The molecule has 0 fully saturated rings. The summed E-state index contributed by atoms with van der Waals surface area (Å²) in [7, 11) is 5.91. The number of hydrazine groups is 2. The van der Waals surface area contributed by atoms with Crippen molar-refractivity contribution in [3.05, 3.63) is 59.5 Å². The minimum absolute atomic E-state index is 0.293. The van der Waals surface area contributed by atoms with E-state index in [0.717, 1.165) is 31.5 Å². The van der Waals surface area contributed by atoms with E-state index in [2.05, 4.69) is 77.5 Å². The zero-order valence-electron chi connectivity index (χ0n) is 15.9. The molecule has 0 spiro atoms. The maximum Gasteiger partial charge on any atom is 0.0423 e. The second-order valence-corrected chi connectivity index (χ2v) is 6.50. The van der Waals surface area contributed by atoms with Crippen molar-refractivity contribution in [3.8, 4) is 0 Å². The highest BCUT2D eigenvalue weighted by atomic mass is 15.5. The van der Waals surface area contributed by atoms with Gasteiger partial charge in [0.15, 0.2) is 0 Å². The first-order valence-corrected chi connectivity index (χ1v) is 8.86. The van der Waals surface area contributed by atoms with Crippen molar-refractivity contribution in [1.82, 2.24) is 20.9 Å². The van der Waals surface area contributed by atoms with E-state index in [1.54, 1.807) is 0 Å². The van der Waals surface area contributed by atoms with E-state index in [-0.39, 0.29) is 0 Å². The fraction of sp³-hybridized carbons (Fsp3) is 0.450. The summed E-state index contributed by atoms with van der Waals surface area (Å²) >= 11 is 0. The Bertz CT molecular complexity index is 610. The van der Waals surface area contributed by atoms with Crippen LogP contribution in [0.1, 0.15) is 19.8 Å². The number of allylic oxidation sites excluding steroid dienone is 5. The summed E-state index contributed by atoms with van der Waals surface area (Å²) in [6.07, 6.45) is 19.4. The summed E-state index contributed by atoms with van der Waals surface area (Å²) in [6.45, 7) is 3.83. The lowest BCUT2D eigenvalue weighted by Crippen LogP contribution is -2.43. The predicted molar refractivity (Wildman–Crippen MR) is 107 cm³/mol. The van der Waals surface area contributed by atoms with Crippen LogP contribution >= 0.6 is 0 Å². The summed E-state index contributed by atoms with van der Waals surface area (Å²) in [5.41, 5.74) is 10.6. The molecular weight excluding hydrogens is 310 g/mol. The molecule has 1 atom stereocenters. The number of nitrogens with zero attached hydrogens (tertiary/aromatic N) is 3. The number of aliphatic imine (C=N–C) groups is 1. The molecule has 2 rings (SSSR count). The molecule has 136 valence electrons. The monoisotopic (exact) mass is 341 g/mol. The van der Waals surface area contributed by atoms with Crippen molar-refractivity contribution in [3.63, 3.8) is 0 Å². The molecule has 0 bridgehead atoms. The molecule has 5 nitrogen and oxygen atoms in total. The third-order valence-corrected chi connectivity index (χ3v) is 4.24. The van der Waals surface area contributed by atoms with Gasteiger partial charge in [-0.25, -0.2) is 10.4 Å². The fourth-order valence-corrected chi connectivity index (χ4v) is 2.94. The second kappa shape index (κ2) is 10.0. The van der Waals surface area contributed by atoms with Crippen LogP contribution in [0.5, 0.6) is 0 Å². The summed E-state index contributed by atoms with van der Waals surface area (Å²) < 4.78 is 0. The predicted octanol–water partition coefficient (Wildman–Crippen LogP) is 2.81. The Morgan fingerprint density at radius 3 is 2.92 bits per heavy atom. The van der Waals surface area contributed by atoms with Gasteiger partial charge < -0.3 is 10.4 Å². The molecule has 0 aromatic rings. The average Bonchev–Trinajstić information content (AvgIpc) is 2.56. The second-order valence-electron chi connectivity index (χ2n) is 6.50. The van der Waals surface area contributed by atoms with Crippen LogP contribution < -0.4 is 10.9 Å². The van der Waals surface area contributed by atoms with Crippen molar-refractivity contribution in [2.45, 2.75) is 19.8 Å². The smallest absolute Gasteiger partial charge is 0.0423 e. The average molecular weight is 342 g/mol. The van der Waals surface area contributed by atoms with Gasteiger partial charge in [-0.05, 0) is 30.9 Å². The first kappa shape index (κ1) is 19.2. The summed E-state index contributed by atoms with van der Waals surface area (Å²) in [5.74, 6) is 0.293. The number of hydrogen-bond donors (Lipinski definition) is 2. The first-order valence-electron chi connectivity index (χ1n) is 8.86. The van der Waals surface area contributed by atoms with E-state index in [4.69, 9.17) is 0 Å². The van der Waals surface area contributed by atoms with Crippen molar-refractivity contribution in [2.75, 3.05) is 34.2 Å². The molecule has 25 heavy (non-hydrogen) atoms. The van der Waals surface area contributed by atoms with E-state index in [1.807, 2.05) is 25.3 Å². The Morgan fingerprint density at radius 1 is 1.40 bits per heavy atom. The molecule has 1 heterocycles. The minimum Gasteiger partial charge on any atom is -0.322 e. The van der Waals surface area contributed by atoms with Gasteiger partial charge in [-0.2, -0.15) is 0 Å². The number of nitrogens with one attached hydrogen (secondary N) is 2. The lowest BCUT2D eigenvalue weighted by molar-refractivity contribution is 0.252. The van der Waals surface area contributed by atoms with Crippen LogP contribution in [0.3, 0.4) is 0 Å². The summed E-state index contributed by atoms with van der Waals surface area (Å²) in [5, 5.41) is 4.13. The Balaban J connectivity index is 2.09. The Kier molecular flexibility index (Phi) is 7.70. The molecule has 1 aliphatic heterocycles. The number of likely N-dealkylation sites (N-methyl/N-ethyl adjacent to an activating group) is 1. The van der Waals surface area contributed by atoms with Crippen LogP contribution in [0, 0.1) is 5.92 Å². The summed E-state index contributed by atoms with van der Waals surface area (Å²) in [6, 6.07) is 0. The van der Waals surface area contributed by atoms with Gasteiger partial charge in [0.25, 0.3) is 0 Å². The maximum absolute atomic E-state index is 4.19. The zero-order chi connectivity index (χ0) is 18.1. The van der Waals surface area contributed by atoms with Crippen LogP contribution in [-0.2, 0) is 0 Å². The Morgan fingerprint density at radius 2 is 2.20 bits per heavy atom. The third-order valence-electron chi connectivity index (χ3n) is 4.24. The molecule has 0 saturated carbocycles. The van der Waals surface area contributed by atoms with Crippen molar-refractivity contribution in [1.29, 1.82) is 0 Å². The molecule has 0 amide bonds. The fourth-order valence-electron chi connectivity index (χ4n) is 2.94. The third kappa shape index (κ3) is 6.36. The van der Waals surface area contributed by atoms with Gasteiger partial charge >= 0.3 is 0 Å². The molecule has 1 unspecified atom stereocenters. The molecular formula is C20H31N5. The van der Waals surface area contributed by atoms with Gasteiger partial charge in [-0.3, -0.25) is 4.99 Å². The molecule has 5 heteroatoms. The van der Waals surface area contributed by atoms with Crippen LogP contribution in [-0.4, -0.2) is 50.5 Å². The van der Waals surface area contributed by atoms with Gasteiger partial charge in [0.05, 0.1) is 0 Å². The zero-order valence-corrected chi connectivity index (χ0v) is 15.9. The lowest BCUT2D eigenvalue weighted by Gasteiger charge is -2.31. The topological polar surface area (TPSA) is 42.9 Å². The molecule has 2 N–H and O–H groups in total. The highest BCUT2D eigenvalue weighted by Crippen LogP contribution is 2.17. The number of rotatable bonds is 6. The SMILES string of the molecule is CN=CC(C)=C(NN(C)CC1=CC/C=C\CC=C1)C1C=CN(C)NC1. The molecule has 0 radical (unpaired) electrons. The standard InChI is InChI=1S/C20H31N5/c1-17(14-21-2)20(19-12-13-24(3)22-15-19)23-25(4)16-18-10-8-6-5-7-9-11-18/h5-6,9-14,19,22-23H,7-8,15-16H2,1-4H3/b6-5-,11-9?,18-10?,20-17?,21-14?. The van der Waals surface area contributed by atoms with Gasteiger partial charge in [0.2, 0.25) is 0 Å². The Labute approximate surface area is 152 Å². The lowest BCUT2D eigenvalue weighted by atomic mass is 10.0. The minimum atomic E-state index is 0.293. The van der Waals surface area contributed by atoms with Gasteiger partial charge in [0, 0.05) is 58.3 Å². The number of hydrogen-bond acceptors (Lipinski definition) is 5. The van der Waals surface area contributed by atoms with Crippen molar-refractivity contribution < 1.29 is 0 Å². The molecule has 1 aliphatic carbocycles. The normalized spacial score (nSPS) is 23.3. The van der Waals surface area contributed by atoms with E-state index < -0.39 is 0 Å². The van der Waals surface area contributed by atoms with E-state index in [0.29, 0.717) is 5.92 Å². The summed E-state index contributed by atoms with van der Waals surface area (Å²) in [4.78, 5) is 4.19. The molecule has 0 saturated heterocycles. The highest BCUT2D eigenvalue weighted by Gasteiger charge is 2.18. The van der Waals surface area contributed by atoms with Crippen molar-refractivity contribution in [2.24, 2.45) is 10.9 Å². The first-order chi connectivity index (χ1) is 12.1. The highest BCUT2D eigenvalue weighted by molar-refractivity contribution is 5.78. The quantitative estimate of drug-likeness (QED) is 0.443. The van der Waals surface area contributed by atoms with Crippen LogP contribution in [0.4, 0.5) is 0 Å². The van der Waals surface area contributed by atoms with E-state index in [9.17, 15) is 0 Å². The van der Waals surface area contributed by atoms with Gasteiger partial charge in [-0.15, -0.1) is 0 Å². The molecule has 0 aromatic heterocycles. The maximum atomic E-state index is 4.19. The van der Waals surface area contributed by atoms with Crippen molar-refractivity contribution >= 4 is 6.21 Å². The van der Waals surface area contributed by atoms with E-state index in [1.165, 1.54) is 11.3 Å². The van der Waals surface area contributed by atoms with Crippen LogP contribution in [0.2, 0.25) is 0 Å². The molecule has 0 aromatic carbocycles. The van der Waals surface area contributed by atoms with Crippen LogP contribution in [0.25, 0.3) is 0 Å². The molecule has 2 aliphatic rings. The van der Waals surface area contributed by atoms with E-state index >= 15 is 0 Å². The van der Waals surface area contributed by atoms with Crippen LogP contribution in [0.15, 0.2) is 64.5 Å². The van der Waals surface area contributed by atoms with Gasteiger partial charge in [-0.1, -0.05) is 36.5 Å². The Hall–Kier alpha value is -2.11.